The molecular formula is C16H21NO2. The van der Waals surface area contributed by atoms with Gasteiger partial charge in [-0.05, 0) is 49.1 Å². The number of benzene rings is 1. The quantitative estimate of drug-likeness (QED) is 0.901. The summed E-state index contributed by atoms with van der Waals surface area (Å²) in [5.74, 6) is 0.939. The first kappa shape index (κ1) is 12.7. The summed E-state index contributed by atoms with van der Waals surface area (Å²) < 4.78 is 11.3. The topological polar surface area (TPSA) is 30.5 Å². The van der Waals surface area contributed by atoms with Gasteiger partial charge < -0.3 is 14.8 Å². The average Bonchev–Trinajstić information content (AvgIpc) is 3.00. The Morgan fingerprint density at radius 1 is 1.26 bits per heavy atom. The van der Waals surface area contributed by atoms with Gasteiger partial charge in [-0.15, -0.1) is 0 Å². The molecule has 0 bridgehead atoms. The van der Waals surface area contributed by atoms with Crippen molar-refractivity contribution < 1.29 is 9.47 Å². The molecule has 3 nitrogen and oxygen atoms in total. The van der Waals surface area contributed by atoms with Crippen molar-refractivity contribution >= 4 is 5.57 Å². The first-order valence-corrected chi connectivity index (χ1v) is 7.16. The van der Waals surface area contributed by atoms with Gasteiger partial charge in [-0.1, -0.05) is 18.2 Å². The van der Waals surface area contributed by atoms with E-state index in [2.05, 4.69) is 35.7 Å². The summed E-state index contributed by atoms with van der Waals surface area (Å²) >= 11 is 0. The molecule has 19 heavy (non-hydrogen) atoms. The van der Waals surface area contributed by atoms with Crippen LogP contribution in [-0.2, 0) is 4.74 Å². The minimum atomic E-state index is 0.284. The summed E-state index contributed by atoms with van der Waals surface area (Å²) in [5, 5.41) is 3.33. The van der Waals surface area contributed by atoms with Gasteiger partial charge in [-0.2, -0.15) is 0 Å². The molecule has 0 spiro atoms. The van der Waals surface area contributed by atoms with Crippen LogP contribution in [0.5, 0.6) is 5.75 Å². The molecule has 1 saturated heterocycles. The lowest BCUT2D eigenvalue weighted by Crippen LogP contribution is -2.20. The molecule has 0 aromatic heterocycles. The molecule has 0 amide bonds. The molecule has 1 aromatic rings. The fourth-order valence-corrected chi connectivity index (χ4v) is 2.61. The summed E-state index contributed by atoms with van der Waals surface area (Å²) in [6.45, 7) is 3.61. The summed E-state index contributed by atoms with van der Waals surface area (Å²) in [5.41, 5.74) is 2.75. The molecule has 3 heteroatoms. The second-order valence-electron chi connectivity index (χ2n) is 5.15. The van der Waals surface area contributed by atoms with Crippen molar-refractivity contribution in [2.24, 2.45) is 0 Å². The molecule has 2 aliphatic heterocycles. The third-order valence-corrected chi connectivity index (χ3v) is 3.75. The van der Waals surface area contributed by atoms with E-state index in [1.165, 1.54) is 11.1 Å². The summed E-state index contributed by atoms with van der Waals surface area (Å²) in [4.78, 5) is 0. The molecule has 3 rings (SSSR count). The Morgan fingerprint density at radius 2 is 2.16 bits per heavy atom. The highest BCUT2D eigenvalue weighted by atomic mass is 16.5. The number of nitrogens with one attached hydrogen (secondary N) is 1. The smallest absolute Gasteiger partial charge is 0.119 e. The number of ether oxygens (including phenoxy) is 2. The van der Waals surface area contributed by atoms with Gasteiger partial charge in [-0.3, -0.25) is 0 Å². The van der Waals surface area contributed by atoms with Crippen LogP contribution in [-0.4, -0.2) is 32.4 Å². The van der Waals surface area contributed by atoms with Crippen molar-refractivity contribution in [3.63, 3.8) is 0 Å². The largest absolute Gasteiger partial charge is 0.491 e. The van der Waals surface area contributed by atoms with Gasteiger partial charge in [0.25, 0.3) is 0 Å². The fourth-order valence-electron chi connectivity index (χ4n) is 2.61. The van der Waals surface area contributed by atoms with E-state index in [0.29, 0.717) is 6.61 Å². The van der Waals surface area contributed by atoms with Gasteiger partial charge in [0.15, 0.2) is 0 Å². The lowest BCUT2D eigenvalue weighted by atomic mass is 10.0. The van der Waals surface area contributed by atoms with E-state index in [-0.39, 0.29) is 6.10 Å². The molecule has 0 saturated carbocycles. The summed E-state index contributed by atoms with van der Waals surface area (Å²) in [7, 11) is 0. The van der Waals surface area contributed by atoms with Gasteiger partial charge in [0.1, 0.15) is 12.4 Å². The fraction of sp³-hybridized carbons (Fsp3) is 0.500. The van der Waals surface area contributed by atoms with E-state index >= 15 is 0 Å². The van der Waals surface area contributed by atoms with E-state index in [1.54, 1.807) is 0 Å². The average molecular weight is 259 g/mol. The molecule has 0 radical (unpaired) electrons. The second kappa shape index (κ2) is 6.22. The van der Waals surface area contributed by atoms with Crippen molar-refractivity contribution in [1.29, 1.82) is 0 Å². The highest BCUT2D eigenvalue weighted by molar-refractivity contribution is 5.67. The SMILES string of the molecule is C1=C(c2ccc(OCC3CCCO3)cc2)CCNC1. The molecule has 102 valence electrons. The second-order valence-corrected chi connectivity index (χ2v) is 5.15. The minimum Gasteiger partial charge on any atom is -0.491 e. The normalized spacial score (nSPS) is 23.2. The zero-order valence-electron chi connectivity index (χ0n) is 11.2. The molecule has 2 heterocycles. The Balaban J connectivity index is 1.57. The van der Waals surface area contributed by atoms with Crippen molar-refractivity contribution in [2.45, 2.75) is 25.4 Å². The van der Waals surface area contributed by atoms with Crippen molar-refractivity contribution in [1.82, 2.24) is 5.32 Å². The van der Waals surface area contributed by atoms with Crippen molar-refractivity contribution in [2.75, 3.05) is 26.3 Å². The van der Waals surface area contributed by atoms with E-state index in [9.17, 15) is 0 Å². The van der Waals surface area contributed by atoms with Crippen LogP contribution >= 0.6 is 0 Å². The molecular weight excluding hydrogens is 238 g/mol. The van der Waals surface area contributed by atoms with E-state index in [0.717, 1.165) is 44.7 Å². The van der Waals surface area contributed by atoms with Crippen LogP contribution in [0.1, 0.15) is 24.8 Å². The minimum absolute atomic E-state index is 0.284. The number of hydrogen-bond donors (Lipinski definition) is 1. The number of rotatable bonds is 4. The van der Waals surface area contributed by atoms with Crippen LogP contribution in [0.2, 0.25) is 0 Å². The zero-order chi connectivity index (χ0) is 12.9. The summed E-state index contributed by atoms with van der Waals surface area (Å²) in [6, 6.07) is 8.43. The Hall–Kier alpha value is -1.32. The first-order valence-electron chi connectivity index (χ1n) is 7.16. The van der Waals surface area contributed by atoms with Gasteiger partial charge >= 0.3 is 0 Å². The third kappa shape index (κ3) is 3.37. The molecule has 2 aliphatic rings. The Bertz CT molecular complexity index is 433. The van der Waals surface area contributed by atoms with Crippen LogP contribution in [0.15, 0.2) is 30.3 Å². The maximum absolute atomic E-state index is 5.78. The maximum Gasteiger partial charge on any atom is 0.119 e. The van der Waals surface area contributed by atoms with Crippen LogP contribution in [0.25, 0.3) is 5.57 Å². The standard InChI is InChI=1S/C16H21NO2/c1-2-16(18-11-1)12-19-15-5-3-13(4-6-15)14-7-9-17-10-8-14/h3-7,16-17H,1-2,8-12H2. The molecule has 1 N–H and O–H groups in total. The monoisotopic (exact) mass is 259 g/mol. The van der Waals surface area contributed by atoms with Crippen LogP contribution in [0.4, 0.5) is 0 Å². The van der Waals surface area contributed by atoms with E-state index < -0.39 is 0 Å². The Kier molecular flexibility index (Phi) is 4.16. The van der Waals surface area contributed by atoms with Gasteiger partial charge in [0.05, 0.1) is 6.10 Å². The molecule has 1 aromatic carbocycles. The van der Waals surface area contributed by atoms with Crippen LogP contribution < -0.4 is 10.1 Å². The first-order chi connectivity index (χ1) is 9.42. The Morgan fingerprint density at radius 3 is 2.84 bits per heavy atom. The lowest BCUT2D eigenvalue weighted by molar-refractivity contribution is 0.0679. The molecule has 1 atom stereocenters. The van der Waals surface area contributed by atoms with E-state index in [4.69, 9.17) is 9.47 Å². The molecule has 1 unspecified atom stereocenters. The lowest BCUT2D eigenvalue weighted by Gasteiger charge is -2.15. The predicted molar refractivity (Wildman–Crippen MR) is 76.4 cm³/mol. The molecule has 1 fully saturated rings. The Labute approximate surface area is 114 Å². The highest BCUT2D eigenvalue weighted by Gasteiger charge is 2.15. The van der Waals surface area contributed by atoms with Gasteiger partial charge in [0, 0.05) is 13.2 Å². The maximum atomic E-state index is 5.78. The molecule has 0 aliphatic carbocycles. The van der Waals surface area contributed by atoms with Crippen molar-refractivity contribution in [3.05, 3.63) is 35.9 Å². The van der Waals surface area contributed by atoms with Crippen LogP contribution in [0, 0.1) is 0 Å². The van der Waals surface area contributed by atoms with E-state index in [1.807, 2.05) is 0 Å². The third-order valence-electron chi connectivity index (χ3n) is 3.75. The zero-order valence-corrected chi connectivity index (χ0v) is 11.2. The van der Waals surface area contributed by atoms with Gasteiger partial charge in [-0.25, -0.2) is 0 Å². The highest BCUT2D eigenvalue weighted by Crippen LogP contribution is 2.23. The number of hydrogen-bond acceptors (Lipinski definition) is 3. The van der Waals surface area contributed by atoms with Gasteiger partial charge in [0.2, 0.25) is 0 Å². The summed E-state index contributed by atoms with van der Waals surface area (Å²) in [6.07, 6.45) is 5.95. The predicted octanol–water partition coefficient (Wildman–Crippen LogP) is 2.62. The van der Waals surface area contributed by atoms with Crippen LogP contribution in [0.3, 0.4) is 0 Å². The van der Waals surface area contributed by atoms with Crippen molar-refractivity contribution in [3.8, 4) is 5.75 Å².